The van der Waals surface area contributed by atoms with Crippen LogP contribution in [0.25, 0.3) is 0 Å². The average molecular weight is 244 g/mol. The third kappa shape index (κ3) is 2.79. The van der Waals surface area contributed by atoms with Crippen LogP contribution in [0.15, 0.2) is 0 Å². The van der Waals surface area contributed by atoms with Gasteiger partial charge < -0.3 is 8.99 Å². The lowest BCUT2D eigenvalue weighted by atomic mass is 9.63. The summed E-state index contributed by atoms with van der Waals surface area (Å²) in [6, 6.07) is 0. The van der Waals surface area contributed by atoms with Crippen molar-refractivity contribution in [2.75, 3.05) is 0 Å². The maximum Gasteiger partial charge on any atom is -0.0348 e. The van der Waals surface area contributed by atoms with E-state index in [0.29, 0.717) is 11.8 Å². The topological polar surface area (TPSA) is 40.9 Å². The van der Waals surface area contributed by atoms with Crippen molar-refractivity contribution in [1.29, 1.82) is 4.78 Å². The molecule has 0 amide bonds. The molecule has 2 unspecified atom stereocenters. The third-order valence-corrected chi connectivity index (χ3v) is 5.51. The van der Waals surface area contributed by atoms with Gasteiger partial charge in [0.15, 0.2) is 0 Å². The van der Waals surface area contributed by atoms with Gasteiger partial charge in [-0.1, -0.05) is 58.6 Å². The molecule has 96 valence electrons. The van der Waals surface area contributed by atoms with Gasteiger partial charge in [0.05, 0.1) is 0 Å². The van der Waals surface area contributed by atoms with Crippen LogP contribution < -0.4 is 0 Å². The molecule has 2 atom stereocenters. The lowest BCUT2D eigenvalue weighted by molar-refractivity contribution is 0.0865. The Bertz CT molecular complexity index is 304. The molecule has 0 bridgehead atoms. The molecule has 0 aromatic heterocycles. The first-order valence-corrected chi connectivity index (χ1v) is 7.45. The molecule has 16 heavy (non-hydrogen) atoms. The Labute approximate surface area is 102 Å². The van der Waals surface area contributed by atoms with Gasteiger partial charge in [0.25, 0.3) is 0 Å². The van der Waals surface area contributed by atoms with Gasteiger partial charge in [0.2, 0.25) is 0 Å². The first kappa shape index (κ1) is 14.0. The number of rotatable bonds is 2. The number of hydrogen-bond donors (Lipinski definition) is 1. The standard InChI is InChI=1S/C13H26NOS/c1-12(2,3)10-8-6-7-9-11(10)13(4,5)16(14)15/h10-11,14H,6-9H2,1-5H3/q-1. The Morgan fingerprint density at radius 2 is 1.44 bits per heavy atom. The van der Waals surface area contributed by atoms with Crippen LogP contribution in [0.5, 0.6) is 0 Å². The third-order valence-electron chi connectivity index (χ3n) is 4.25. The van der Waals surface area contributed by atoms with Crippen molar-refractivity contribution >= 4 is 10.6 Å². The molecule has 1 aliphatic rings. The quantitative estimate of drug-likeness (QED) is 0.721. The molecular weight excluding hydrogens is 218 g/mol. The van der Waals surface area contributed by atoms with E-state index in [1.54, 1.807) is 0 Å². The van der Waals surface area contributed by atoms with Crippen molar-refractivity contribution in [2.24, 2.45) is 17.3 Å². The largest absolute Gasteiger partial charge is 0.444 e. The molecule has 0 saturated heterocycles. The van der Waals surface area contributed by atoms with Crippen LogP contribution in [-0.4, -0.2) is 4.75 Å². The fraction of sp³-hybridized carbons (Fsp3) is 1.00. The summed E-state index contributed by atoms with van der Waals surface area (Å²) >= 11 is 0. The maximum atomic E-state index is 11.6. The van der Waals surface area contributed by atoms with Gasteiger partial charge >= 0.3 is 0 Å². The van der Waals surface area contributed by atoms with Crippen molar-refractivity contribution in [1.82, 2.24) is 0 Å². The molecule has 1 N–H and O–H groups in total. The zero-order valence-electron chi connectivity index (χ0n) is 11.3. The molecule has 1 rings (SSSR count). The molecule has 0 aromatic carbocycles. The zero-order chi connectivity index (χ0) is 12.6. The van der Waals surface area contributed by atoms with Crippen molar-refractivity contribution in [3.63, 3.8) is 0 Å². The highest BCUT2D eigenvalue weighted by Gasteiger charge is 2.39. The summed E-state index contributed by atoms with van der Waals surface area (Å²) in [6.07, 6.45) is 4.89. The van der Waals surface area contributed by atoms with Crippen molar-refractivity contribution in [3.05, 3.63) is 0 Å². The van der Waals surface area contributed by atoms with Gasteiger partial charge in [-0.15, -0.1) is 0 Å². The molecule has 0 aromatic rings. The van der Waals surface area contributed by atoms with Gasteiger partial charge in [-0.25, -0.2) is 0 Å². The maximum absolute atomic E-state index is 11.6. The molecule has 0 radical (unpaired) electrons. The summed E-state index contributed by atoms with van der Waals surface area (Å²) in [5, 5.41) is 0. The predicted molar refractivity (Wildman–Crippen MR) is 69.8 cm³/mol. The summed E-state index contributed by atoms with van der Waals surface area (Å²) in [7, 11) is -1.48. The second-order valence-electron chi connectivity index (χ2n) is 6.74. The fourth-order valence-corrected chi connectivity index (χ4v) is 3.69. The summed E-state index contributed by atoms with van der Waals surface area (Å²) in [6.45, 7) is 10.8. The summed E-state index contributed by atoms with van der Waals surface area (Å²) in [5.41, 5.74) is 0.266. The van der Waals surface area contributed by atoms with Gasteiger partial charge in [-0.05, 0) is 23.7 Å². The second kappa shape index (κ2) is 4.67. The summed E-state index contributed by atoms with van der Waals surface area (Å²) in [5.74, 6) is 1.03. The van der Waals surface area contributed by atoms with E-state index >= 15 is 0 Å². The highest BCUT2D eigenvalue weighted by atomic mass is 32.2. The summed E-state index contributed by atoms with van der Waals surface area (Å²) in [4.78, 5) is 0. The van der Waals surface area contributed by atoms with E-state index in [1.165, 1.54) is 19.3 Å². The Kier molecular flexibility index (Phi) is 4.09. The van der Waals surface area contributed by atoms with Crippen LogP contribution in [0.2, 0.25) is 0 Å². The highest BCUT2D eigenvalue weighted by Crippen LogP contribution is 2.47. The van der Waals surface area contributed by atoms with E-state index in [9.17, 15) is 4.21 Å². The van der Waals surface area contributed by atoms with E-state index < -0.39 is 10.6 Å². The van der Waals surface area contributed by atoms with E-state index in [0.717, 1.165) is 6.42 Å². The number of hydrogen-bond acceptors (Lipinski definition) is 3. The van der Waals surface area contributed by atoms with Gasteiger partial charge in [0.1, 0.15) is 0 Å². The number of nitrogens with one attached hydrogen (secondary N) is 1. The van der Waals surface area contributed by atoms with Crippen LogP contribution in [0, 0.1) is 22.0 Å². The Balaban J connectivity index is 2.99. The summed E-state index contributed by atoms with van der Waals surface area (Å²) < 4.78 is 18.8. The van der Waals surface area contributed by atoms with Gasteiger partial charge in [-0.3, -0.25) is 0 Å². The van der Waals surface area contributed by atoms with E-state index in [2.05, 4.69) is 20.8 Å². The van der Waals surface area contributed by atoms with Crippen LogP contribution in [-0.2, 0) is 14.8 Å². The first-order chi connectivity index (χ1) is 7.17. The molecule has 0 heterocycles. The highest BCUT2D eigenvalue weighted by molar-refractivity contribution is 7.75. The molecule has 0 aliphatic heterocycles. The van der Waals surface area contributed by atoms with E-state index in [-0.39, 0.29) is 10.2 Å². The minimum Gasteiger partial charge on any atom is -0.444 e. The zero-order valence-corrected chi connectivity index (χ0v) is 12.1. The molecule has 1 fully saturated rings. The van der Waals surface area contributed by atoms with Gasteiger partial charge in [-0.2, -0.15) is 10.6 Å². The van der Waals surface area contributed by atoms with E-state index in [1.807, 2.05) is 13.8 Å². The van der Waals surface area contributed by atoms with Crippen molar-refractivity contribution in [2.45, 2.75) is 65.0 Å². The minimum absolute atomic E-state index is 0.266. The predicted octanol–water partition coefficient (Wildman–Crippen LogP) is 4.34. The molecule has 2 nitrogen and oxygen atoms in total. The Hall–Kier alpha value is -0.0500. The SMILES string of the molecule is CC(C)(C)C1CCCCC1C(C)(C)[S-](=N)=O. The van der Waals surface area contributed by atoms with Crippen LogP contribution in [0.4, 0.5) is 0 Å². The normalized spacial score (nSPS) is 28.4. The second-order valence-corrected chi connectivity index (χ2v) is 8.33. The van der Waals surface area contributed by atoms with E-state index in [4.69, 9.17) is 4.78 Å². The fourth-order valence-electron chi connectivity index (χ4n) is 3.14. The molecule has 1 saturated carbocycles. The Morgan fingerprint density at radius 3 is 1.81 bits per heavy atom. The lowest BCUT2D eigenvalue weighted by Crippen LogP contribution is -2.43. The van der Waals surface area contributed by atoms with Crippen LogP contribution in [0.1, 0.15) is 60.3 Å². The molecule has 0 spiro atoms. The van der Waals surface area contributed by atoms with Gasteiger partial charge in [0, 0.05) is 0 Å². The Morgan fingerprint density at radius 1 is 1.00 bits per heavy atom. The molecular formula is C13H26NOS-. The van der Waals surface area contributed by atoms with Crippen LogP contribution in [0.3, 0.4) is 0 Å². The minimum atomic E-state index is -1.48. The average Bonchev–Trinajstić information content (AvgIpc) is 2.16. The monoisotopic (exact) mass is 244 g/mol. The lowest BCUT2D eigenvalue weighted by Gasteiger charge is -2.49. The first-order valence-electron chi connectivity index (χ1n) is 6.30. The van der Waals surface area contributed by atoms with Crippen LogP contribution >= 0.6 is 0 Å². The molecule has 3 heteroatoms. The van der Waals surface area contributed by atoms with Crippen molar-refractivity contribution in [3.8, 4) is 0 Å². The smallest absolute Gasteiger partial charge is 0.0348 e. The van der Waals surface area contributed by atoms with Crippen molar-refractivity contribution < 1.29 is 4.21 Å². The molecule has 1 aliphatic carbocycles.